The zero-order valence-electron chi connectivity index (χ0n) is 17.6. The summed E-state index contributed by atoms with van der Waals surface area (Å²) in [6.07, 6.45) is 7.22. The van der Waals surface area contributed by atoms with E-state index in [1.54, 1.807) is 30.6 Å². The molecule has 0 saturated carbocycles. The molecule has 4 rings (SSSR count). The molecule has 160 valence electrons. The lowest BCUT2D eigenvalue weighted by Crippen LogP contribution is -2.31. The molecule has 1 aliphatic rings. The number of likely N-dealkylation sites (tertiary alicyclic amines) is 1. The molecule has 0 spiro atoms. The van der Waals surface area contributed by atoms with Crippen LogP contribution in [0.15, 0.2) is 73.1 Å². The van der Waals surface area contributed by atoms with Crippen LogP contribution in [0.4, 0.5) is 10.5 Å². The molecule has 2 aromatic carbocycles. The molecule has 31 heavy (non-hydrogen) atoms. The summed E-state index contributed by atoms with van der Waals surface area (Å²) in [4.78, 5) is 19.0. The maximum absolute atomic E-state index is 12.5. The molecule has 0 atom stereocenters. The minimum atomic E-state index is -0.242. The number of nitrogens with zero attached hydrogens (tertiary/aromatic N) is 2. The van der Waals surface area contributed by atoms with Gasteiger partial charge in [0.25, 0.3) is 0 Å². The van der Waals surface area contributed by atoms with Gasteiger partial charge in [-0.05, 0) is 61.3 Å². The number of hydrogen-bond acceptors (Lipinski definition) is 4. The number of carbonyl (C=O) groups excluding carboxylic acids is 1. The first-order valence-electron chi connectivity index (χ1n) is 10.8. The average Bonchev–Trinajstić information content (AvgIpc) is 2.80. The highest BCUT2D eigenvalue weighted by atomic mass is 16.5. The van der Waals surface area contributed by atoms with E-state index in [1.807, 2.05) is 24.3 Å². The quantitative estimate of drug-likeness (QED) is 0.557. The second kappa shape index (κ2) is 10.6. The largest absolute Gasteiger partial charge is 0.457 e. The Morgan fingerprint density at radius 1 is 0.903 bits per heavy atom. The van der Waals surface area contributed by atoms with Crippen LogP contribution < -0.4 is 15.4 Å². The van der Waals surface area contributed by atoms with Crippen LogP contribution in [0.1, 0.15) is 30.4 Å². The molecule has 2 heterocycles. The molecule has 0 aliphatic carbocycles. The number of ether oxygens (including phenoxy) is 1. The van der Waals surface area contributed by atoms with E-state index < -0.39 is 0 Å². The molecule has 3 aromatic rings. The van der Waals surface area contributed by atoms with Crippen molar-refractivity contribution in [2.75, 3.05) is 18.4 Å². The van der Waals surface area contributed by atoms with Gasteiger partial charge in [0, 0.05) is 37.2 Å². The third kappa shape index (κ3) is 6.30. The van der Waals surface area contributed by atoms with Crippen LogP contribution >= 0.6 is 0 Å². The predicted octanol–water partition coefficient (Wildman–Crippen LogP) is 5.18. The van der Waals surface area contributed by atoms with Gasteiger partial charge in [0.15, 0.2) is 0 Å². The van der Waals surface area contributed by atoms with Gasteiger partial charge in [0.05, 0.1) is 0 Å². The fourth-order valence-corrected chi connectivity index (χ4v) is 3.77. The Labute approximate surface area is 183 Å². The molecule has 1 aliphatic heterocycles. The number of amides is 2. The van der Waals surface area contributed by atoms with Crippen molar-refractivity contribution in [3.8, 4) is 11.5 Å². The Bertz CT molecular complexity index is 988. The zero-order valence-corrected chi connectivity index (χ0v) is 17.6. The number of aromatic nitrogens is 1. The number of benzene rings is 2. The van der Waals surface area contributed by atoms with E-state index in [2.05, 4.69) is 38.7 Å². The summed E-state index contributed by atoms with van der Waals surface area (Å²) in [5.74, 6) is 1.35. The van der Waals surface area contributed by atoms with Gasteiger partial charge in [-0.2, -0.15) is 0 Å². The Hall–Kier alpha value is -3.38. The van der Waals surface area contributed by atoms with Gasteiger partial charge < -0.3 is 15.4 Å². The first-order valence-corrected chi connectivity index (χ1v) is 10.8. The molecule has 2 N–H and O–H groups in total. The molecular weight excluding hydrogens is 388 g/mol. The summed E-state index contributed by atoms with van der Waals surface area (Å²) in [5, 5.41) is 5.86. The predicted molar refractivity (Wildman–Crippen MR) is 122 cm³/mol. The maximum atomic E-state index is 12.5. The summed E-state index contributed by atoms with van der Waals surface area (Å²) in [7, 11) is 0. The first-order chi connectivity index (χ1) is 15.3. The van der Waals surface area contributed by atoms with Gasteiger partial charge in [0.1, 0.15) is 11.5 Å². The lowest BCUT2D eigenvalue weighted by atomic mass is 10.0. The Morgan fingerprint density at radius 2 is 1.68 bits per heavy atom. The number of rotatable bonds is 7. The fourth-order valence-electron chi connectivity index (χ4n) is 3.77. The van der Waals surface area contributed by atoms with Gasteiger partial charge in [-0.25, -0.2) is 4.79 Å². The number of pyridine rings is 1. The second-order valence-corrected chi connectivity index (χ2v) is 7.73. The molecule has 6 nitrogen and oxygen atoms in total. The summed E-state index contributed by atoms with van der Waals surface area (Å²) in [6, 6.07) is 19.0. The lowest BCUT2D eigenvalue weighted by Gasteiger charge is -2.27. The van der Waals surface area contributed by atoms with Crippen LogP contribution in [-0.4, -0.2) is 29.0 Å². The summed E-state index contributed by atoms with van der Waals surface area (Å²) < 4.78 is 5.80. The average molecular weight is 417 g/mol. The van der Waals surface area contributed by atoms with E-state index >= 15 is 0 Å². The number of piperidine rings is 1. The van der Waals surface area contributed by atoms with Crippen LogP contribution in [0.3, 0.4) is 0 Å². The van der Waals surface area contributed by atoms with Crippen molar-refractivity contribution in [2.24, 2.45) is 0 Å². The Kier molecular flexibility index (Phi) is 7.13. The summed E-state index contributed by atoms with van der Waals surface area (Å²) in [5.41, 5.74) is 3.10. The summed E-state index contributed by atoms with van der Waals surface area (Å²) in [6.45, 7) is 3.73. The minimum absolute atomic E-state index is 0.242. The van der Waals surface area contributed by atoms with E-state index in [4.69, 9.17) is 4.74 Å². The minimum Gasteiger partial charge on any atom is -0.457 e. The highest BCUT2D eigenvalue weighted by Gasteiger charge is 2.13. The van der Waals surface area contributed by atoms with Gasteiger partial charge in [-0.3, -0.25) is 9.88 Å². The van der Waals surface area contributed by atoms with E-state index in [-0.39, 0.29) is 6.03 Å². The molecule has 0 radical (unpaired) electrons. The smallest absolute Gasteiger partial charge is 0.319 e. The molecule has 6 heteroatoms. The molecule has 1 fully saturated rings. The standard InChI is InChI=1S/C25H28N4O2/c30-25(28-22-9-6-10-24(17-22)31-23-11-13-26-14-12-23)27-18-20-7-2-3-8-21(20)19-29-15-4-1-5-16-29/h2-3,6-14,17H,1,4-5,15-16,18-19H2,(H2,27,28,30). The van der Waals surface area contributed by atoms with E-state index in [1.165, 1.54) is 24.8 Å². The number of carbonyl (C=O) groups is 1. The van der Waals surface area contributed by atoms with Gasteiger partial charge in [0.2, 0.25) is 0 Å². The van der Waals surface area contributed by atoms with Crippen LogP contribution in [-0.2, 0) is 13.1 Å². The molecule has 1 aromatic heterocycles. The number of nitrogens with one attached hydrogen (secondary N) is 2. The third-order valence-electron chi connectivity index (χ3n) is 5.38. The van der Waals surface area contributed by atoms with Crippen molar-refractivity contribution >= 4 is 11.7 Å². The van der Waals surface area contributed by atoms with Crippen molar-refractivity contribution in [1.82, 2.24) is 15.2 Å². The van der Waals surface area contributed by atoms with E-state index in [0.29, 0.717) is 23.7 Å². The molecule has 0 unspecified atom stereocenters. The Balaban J connectivity index is 1.32. The van der Waals surface area contributed by atoms with E-state index in [0.717, 1.165) is 25.2 Å². The van der Waals surface area contributed by atoms with Crippen molar-refractivity contribution in [3.05, 3.63) is 84.2 Å². The van der Waals surface area contributed by atoms with Crippen LogP contribution in [0.2, 0.25) is 0 Å². The van der Waals surface area contributed by atoms with Crippen molar-refractivity contribution in [2.45, 2.75) is 32.4 Å². The normalized spacial score (nSPS) is 14.1. The second-order valence-electron chi connectivity index (χ2n) is 7.73. The van der Waals surface area contributed by atoms with Crippen molar-refractivity contribution < 1.29 is 9.53 Å². The highest BCUT2D eigenvalue weighted by molar-refractivity contribution is 5.89. The SMILES string of the molecule is O=C(NCc1ccccc1CN1CCCCC1)Nc1cccc(Oc2ccncc2)c1. The van der Waals surface area contributed by atoms with Gasteiger partial charge >= 0.3 is 6.03 Å². The zero-order chi connectivity index (χ0) is 21.3. The number of urea groups is 1. The van der Waals surface area contributed by atoms with Crippen LogP contribution in [0.25, 0.3) is 0 Å². The number of hydrogen-bond donors (Lipinski definition) is 2. The monoisotopic (exact) mass is 416 g/mol. The maximum Gasteiger partial charge on any atom is 0.319 e. The van der Waals surface area contributed by atoms with Gasteiger partial charge in [-0.1, -0.05) is 36.8 Å². The van der Waals surface area contributed by atoms with E-state index in [9.17, 15) is 4.79 Å². The van der Waals surface area contributed by atoms with Crippen molar-refractivity contribution in [1.29, 1.82) is 0 Å². The van der Waals surface area contributed by atoms with Crippen LogP contribution in [0, 0.1) is 0 Å². The molecule has 2 amide bonds. The number of anilines is 1. The molecular formula is C25H28N4O2. The fraction of sp³-hybridized carbons (Fsp3) is 0.280. The topological polar surface area (TPSA) is 66.5 Å². The Morgan fingerprint density at radius 3 is 2.48 bits per heavy atom. The van der Waals surface area contributed by atoms with Crippen molar-refractivity contribution in [3.63, 3.8) is 0 Å². The lowest BCUT2D eigenvalue weighted by molar-refractivity contribution is 0.220. The third-order valence-corrected chi connectivity index (χ3v) is 5.38. The highest BCUT2D eigenvalue weighted by Crippen LogP contribution is 2.23. The molecule has 0 bridgehead atoms. The van der Waals surface area contributed by atoms with Gasteiger partial charge in [-0.15, -0.1) is 0 Å². The van der Waals surface area contributed by atoms with Crippen LogP contribution in [0.5, 0.6) is 11.5 Å². The first kappa shape index (κ1) is 20.9. The molecule has 1 saturated heterocycles. The summed E-state index contributed by atoms with van der Waals surface area (Å²) >= 11 is 0.